The van der Waals surface area contributed by atoms with E-state index in [1.54, 1.807) is 37.5 Å². The summed E-state index contributed by atoms with van der Waals surface area (Å²) in [5, 5.41) is 11.9. The molecule has 8 nitrogen and oxygen atoms in total. The Morgan fingerprint density at radius 1 is 1.03 bits per heavy atom. The van der Waals surface area contributed by atoms with E-state index in [0.29, 0.717) is 36.6 Å². The summed E-state index contributed by atoms with van der Waals surface area (Å²) in [6.07, 6.45) is 5.72. The number of nitrogens with zero attached hydrogens (tertiary/aromatic N) is 5. The Labute approximate surface area is 216 Å². The average molecular weight is 496 g/mol. The maximum Gasteiger partial charge on any atom is 0.261 e. The minimum Gasteiger partial charge on any atom is -0.618 e. The highest BCUT2D eigenvalue weighted by Gasteiger charge is 2.30. The molecule has 0 radical (unpaired) electrons. The predicted octanol–water partition coefficient (Wildman–Crippen LogP) is 4.76. The van der Waals surface area contributed by atoms with Crippen molar-refractivity contribution < 1.29 is 14.3 Å². The molecule has 4 heterocycles. The van der Waals surface area contributed by atoms with Crippen LogP contribution in [-0.2, 0) is 6.42 Å². The van der Waals surface area contributed by atoms with Crippen LogP contribution in [-0.4, -0.2) is 36.1 Å². The molecule has 0 unspecified atom stereocenters. The first-order valence-electron chi connectivity index (χ1n) is 12.3. The van der Waals surface area contributed by atoms with Gasteiger partial charge in [-0.05, 0) is 66.9 Å². The number of rotatable bonds is 6. The van der Waals surface area contributed by atoms with E-state index in [0.717, 1.165) is 44.2 Å². The second kappa shape index (κ2) is 9.89. The Morgan fingerprint density at radius 2 is 1.84 bits per heavy atom. The summed E-state index contributed by atoms with van der Waals surface area (Å²) in [5.74, 6) is 2.00. The predicted molar refractivity (Wildman–Crippen MR) is 143 cm³/mol. The summed E-state index contributed by atoms with van der Waals surface area (Å²) >= 11 is 0. The second-order valence-electron chi connectivity index (χ2n) is 9.13. The molecule has 0 saturated heterocycles. The molecule has 0 N–H and O–H groups in total. The molecule has 1 aliphatic heterocycles. The zero-order valence-corrected chi connectivity index (χ0v) is 21.4. The van der Waals surface area contributed by atoms with Crippen LogP contribution in [0, 0.1) is 19.1 Å². The van der Waals surface area contributed by atoms with Gasteiger partial charge in [0.2, 0.25) is 0 Å². The molecule has 8 heteroatoms. The molecule has 0 aliphatic carbocycles. The van der Waals surface area contributed by atoms with Crippen molar-refractivity contribution in [2.75, 3.05) is 30.0 Å². The Balaban J connectivity index is 1.32. The van der Waals surface area contributed by atoms with Gasteiger partial charge in [0.05, 0.1) is 17.9 Å². The summed E-state index contributed by atoms with van der Waals surface area (Å²) in [6, 6.07) is 15.3. The molecular weight excluding hydrogens is 466 g/mol. The fraction of sp³-hybridized carbons (Fsp3) is 0.241. The zero-order valence-electron chi connectivity index (χ0n) is 21.4. The molecule has 1 aromatic carbocycles. The van der Waals surface area contributed by atoms with E-state index in [1.807, 2.05) is 67.3 Å². The largest absolute Gasteiger partial charge is 0.618 e. The van der Waals surface area contributed by atoms with E-state index in [-0.39, 0.29) is 5.91 Å². The van der Waals surface area contributed by atoms with Gasteiger partial charge in [0.15, 0.2) is 17.7 Å². The normalized spacial score (nSPS) is 12.7. The first kappa shape index (κ1) is 24.2. The van der Waals surface area contributed by atoms with Gasteiger partial charge in [-0.1, -0.05) is 6.07 Å². The summed E-state index contributed by atoms with van der Waals surface area (Å²) in [6.45, 7) is 6.87. The highest BCUT2D eigenvalue weighted by atomic mass is 16.5. The van der Waals surface area contributed by atoms with Gasteiger partial charge in [0.1, 0.15) is 11.6 Å². The van der Waals surface area contributed by atoms with E-state index >= 15 is 0 Å². The van der Waals surface area contributed by atoms with Crippen molar-refractivity contribution in [3.63, 3.8) is 0 Å². The fourth-order valence-corrected chi connectivity index (χ4v) is 4.55. The van der Waals surface area contributed by atoms with Gasteiger partial charge in [-0.2, -0.15) is 4.73 Å². The number of ether oxygens (including phenoxy) is 1. The van der Waals surface area contributed by atoms with Gasteiger partial charge >= 0.3 is 0 Å². The third-order valence-electron chi connectivity index (χ3n) is 6.68. The Morgan fingerprint density at radius 3 is 2.59 bits per heavy atom. The number of amides is 1. The molecule has 0 spiro atoms. The van der Waals surface area contributed by atoms with Gasteiger partial charge in [-0.3, -0.25) is 4.79 Å². The van der Waals surface area contributed by atoms with E-state index < -0.39 is 0 Å². The number of anilines is 3. The van der Waals surface area contributed by atoms with Crippen molar-refractivity contribution in [1.29, 1.82) is 0 Å². The van der Waals surface area contributed by atoms with E-state index in [4.69, 9.17) is 4.74 Å². The van der Waals surface area contributed by atoms with Crippen molar-refractivity contribution >= 4 is 23.2 Å². The summed E-state index contributed by atoms with van der Waals surface area (Å²) in [5.41, 5.74) is 5.69. The molecule has 4 aromatic rings. The van der Waals surface area contributed by atoms with Crippen LogP contribution in [0.1, 0.15) is 34.1 Å². The fourth-order valence-electron chi connectivity index (χ4n) is 4.55. The van der Waals surface area contributed by atoms with Crippen LogP contribution in [0.25, 0.3) is 11.1 Å². The highest BCUT2D eigenvalue weighted by Crippen LogP contribution is 2.37. The first-order chi connectivity index (χ1) is 17.9. The highest BCUT2D eigenvalue weighted by molar-refractivity contribution is 6.12. The number of pyridine rings is 3. The molecule has 188 valence electrons. The van der Waals surface area contributed by atoms with Crippen LogP contribution in [0.3, 0.4) is 0 Å². The van der Waals surface area contributed by atoms with Crippen molar-refractivity contribution in [3.8, 4) is 16.9 Å². The summed E-state index contributed by atoms with van der Waals surface area (Å²) in [7, 11) is 1.77. The van der Waals surface area contributed by atoms with Crippen LogP contribution in [0.2, 0.25) is 0 Å². The van der Waals surface area contributed by atoms with Gasteiger partial charge in [-0.25, -0.2) is 9.97 Å². The van der Waals surface area contributed by atoms with Crippen LogP contribution in [0.5, 0.6) is 5.75 Å². The summed E-state index contributed by atoms with van der Waals surface area (Å²) < 4.78 is 6.95. The minimum atomic E-state index is -0.114. The number of aromatic nitrogens is 3. The third-order valence-corrected chi connectivity index (χ3v) is 6.68. The lowest BCUT2D eigenvalue weighted by molar-refractivity contribution is -0.611. The SMILES string of the molecule is CCN1c2ncc(CCOc3ccc(-c4ccc(C)[n+]([O-])c4)cc3C)cc2C(=O)N(C)c2cccnc21. The number of aryl methyl sites for hydroxylation is 2. The van der Waals surface area contributed by atoms with Crippen molar-refractivity contribution in [2.24, 2.45) is 0 Å². The zero-order chi connectivity index (χ0) is 26.1. The lowest BCUT2D eigenvalue weighted by Gasteiger charge is -2.22. The topological polar surface area (TPSA) is 85.5 Å². The van der Waals surface area contributed by atoms with Crippen LogP contribution in [0.15, 0.2) is 67.1 Å². The maximum absolute atomic E-state index is 13.3. The van der Waals surface area contributed by atoms with Gasteiger partial charge < -0.3 is 19.7 Å². The summed E-state index contributed by atoms with van der Waals surface area (Å²) in [4.78, 5) is 26.1. The molecule has 0 bridgehead atoms. The average Bonchev–Trinajstić information content (AvgIpc) is 2.99. The first-order valence-corrected chi connectivity index (χ1v) is 12.3. The van der Waals surface area contributed by atoms with E-state index in [2.05, 4.69) is 9.97 Å². The number of hydrogen-bond acceptors (Lipinski definition) is 6. The van der Waals surface area contributed by atoms with Crippen molar-refractivity contribution in [2.45, 2.75) is 27.2 Å². The Bertz CT molecular complexity index is 1490. The molecule has 1 amide bonds. The molecule has 0 atom stereocenters. The molecule has 5 rings (SSSR count). The number of benzene rings is 1. The molecule has 0 saturated carbocycles. The molecule has 3 aromatic heterocycles. The lowest BCUT2D eigenvalue weighted by Crippen LogP contribution is -2.29. The Hall–Kier alpha value is -4.46. The van der Waals surface area contributed by atoms with Crippen LogP contribution >= 0.6 is 0 Å². The van der Waals surface area contributed by atoms with Crippen molar-refractivity contribution in [3.05, 3.63) is 94.7 Å². The number of carbonyl (C=O) groups excluding carboxylic acids is 1. The standard InChI is InChI=1S/C29H29N5O3/c1-5-33-27-24(29(35)32(4)25-7-6-13-30-28(25)33)16-21(17-31-27)12-14-37-26-11-10-22(15-19(26)2)23-9-8-20(3)34(36)18-23/h6-11,13,15-18H,5,12,14H2,1-4H3. The molecule has 1 aliphatic rings. The van der Waals surface area contributed by atoms with Crippen molar-refractivity contribution in [1.82, 2.24) is 9.97 Å². The third kappa shape index (κ3) is 4.58. The number of fused-ring (bicyclic) bond motifs is 2. The lowest BCUT2D eigenvalue weighted by atomic mass is 10.0. The maximum atomic E-state index is 13.3. The van der Waals surface area contributed by atoms with Crippen LogP contribution in [0.4, 0.5) is 17.3 Å². The van der Waals surface area contributed by atoms with Crippen LogP contribution < -0.4 is 19.3 Å². The minimum absolute atomic E-state index is 0.114. The van der Waals surface area contributed by atoms with Gasteiger partial charge in [0, 0.05) is 51.0 Å². The van der Waals surface area contributed by atoms with E-state index in [1.165, 1.54) is 0 Å². The number of hydrogen-bond donors (Lipinski definition) is 0. The molecule has 37 heavy (non-hydrogen) atoms. The number of carbonyl (C=O) groups is 1. The molecular formula is C29H29N5O3. The monoisotopic (exact) mass is 495 g/mol. The Kier molecular flexibility index (Phi) is 6.48. The molecule has 0 fully saturated rings. The van der Waals surface area contributed by atoms with Gasteiger partial charge in [-0.15, -0.1) is 0 Å². The van der Waals surface area contributed by atoms with E-state index in [9.17, 15) is 10.0 Å². The quantitative estimate of drug-likeness (QED) is 0.283. The van der Waals surface area contributed by atoms with Gasteiger partial charge in [0.25, 0.3) is 5.91 Å². The second-order valence-corrected chi connectivity index (χ2v) is 9.13. The smallest absolute Gasteiger partial charge is 0.261 e.